The molecule has 0 radical (unpaired) electrons. The van der Waals surface area contributed by atoms with Gasteiger partial charge in [-0.1, -0.05) is 18.2 Å². The van der Waals surface area contributed by atoms with Crippen molar-refractivity contribution >= 4 is 5.65 Å². The Balaban J connectivity index is 1.72. The van der Waals surface area contributed by atoms with Gasteiger partial charge in [0.15, 0.2) is 5.65 Å². The Bertz CT molecular complexity index is 874. The fourth-order valence-electron chi connectivity index (χ4n) is 3.73. The summed E-state index contributed by atoms with van der Waals surface area (Å²) in [5.74, 6) is 0.812. The van der Waals surface area contributed by atoms with E-state index in [1.807, 2.05) is 11.4 Å². The largest absolute Gasteiger partial charge is 0.297 e. The lowest BCUT2D eigenvalue weighted by atomic mass is 10.00. The minimum absolute atomic E-state index is 0.478. The third kappa shape index (κ3) is 2.71. The van der Waals surface area contributed by atoms with Crippen LogP contribution in [-0.4, -0.2) is 32.6 Å². The highest BCUT2D eigenvalue weighted by Gasteiger charge is 2.19. The number of hydrogen-bond acceptors (Lipinski definition) is 3. The standard InChI is InChI=1S/C20H24N4/c1-14-11-19(13-24-20(14)21-16(3)22-24)18-8-6-7-17(12-18)15(2)23-9-4-5-10-23/h6-8,11-13,15H,4-5,9-10H2,1-3H3. The molecule has 4 heteroatoms. The Morgan fingerprint density at radius 1 is 1.04 bits per heavy atom. The summed E-state index contributed by atoms with van der Waals surface area (Å²) in [6, 6.07) is 11.6. The van der Waals surface area contributed by atoms with Gasteiger partial charge in [-0.3, -0.25) is 4.90 Å². The molecule has 0 saturated carbocycles. The van der Waals surface area contributed by atoms with Gasteiger partial charge < -0.3 is 0 Å². The SMILES string of the molecule is Cc1nc2c(C)cc(-c3cccc(C(C)N4CCCC4)c3)cn2n1. The van der Waals surface area contributed by atoms with Gasteiger partial charge in [-0.2, -0.15) is 5.10 Å². The van der Waals surface area contributed by atoms with Gasteiger partial charge in [0.05, 0.1) is 0 Å². The van der Waals surface area contributed by atoms with Gasteiger partial charge in [-0.25, -0.2) is 9.50 Å². The molecule has 1 aliphatic heterocycles. The van der Waals surface area contributed by atoms with Crippen LogP contribution in [0.1, 0.15) is 42.8 Å². The molecule has 0 spiro atoms. The van der Waals surface area contributed by atoms with E-state index in [4.69, 9.17) is 0 Å². The van der Waals surface area contributed by atoms with Crippen molar-refractivity contribution in [3.63, 3.8) is 0 Å². The maximum Gasteiger partial charge on any atom is 0.158 e. The molecule has 3 aromatic rings. The maximum atomic E-state index is 4.49. The fraction of sp³-hybridized carbons (Fsp3) is 0.400. The minimum Gasteiger partial charge on any atom is -0.297 e. The summed E-state index contributed by atoms with van der Waals surface area (Å²) in [6.45, 7) is 8.79. The molecule has 124 valence electrons. The molecule has 0 amide bonds. The van der Waals surface area contributed by atoms with Crippen molar-refractivity contribution < 1.29 is 0 Å². The highest BCUT2D eigenvalue weighted by molar-refractivity contribution is 5.67. The van der Waals surface area contributed by atoms with Gasteiger partial charge >= 0.3 is 0 Å². The summed E-state index contributed by atoms with van der Waals surface area (Å²) in [5, 5.41) is 4.48. The van der Waals surface area contributed by atoms with Crippen molar-refractivity contribution in [1.29, 1.82) is 0 Å². The lowest BCUT2D eigenvalue weighted by Gasteiger charge is -2.24. The molecule has 1 fully saturated rings. The molecule has 4 rings (SSSR count). The first-order valence-electron chi connectivity index (χ1n) is 8.80. The van der Waals surface area contributed by atoms with Crippen LogP contribution in [0.15, 0.2) is 36.5 Å². The molecule has 0 bridgehead atoms. The average Bonchev–Trinajstić information content (AvgIpc) is 3.23. The summed E-state index contributed by atoms with van der Waals surface area (Å²) in [4.78, 5) is 7.07. The van der Waals surface area contributed by atoms with Crippen LogP contribution in [0, 0.1) is 13.8 Å². The summed E-state index contributed by atoms with van der Waals surface area (Å²) in [7, 11) is 0. The molecule has 24 heavy (non-hydrogen) atoms. The van der Waals surface area contributed by atoms with Crippen LogP contribution in [0.5, 0.6) is 0 Å². The lowest BCUT2D eigenvalue weighted by Crippen LogP contribution is -2.23. The molecule has 1 unspecified atom stereocenters. The molecule has 1 aliphatic rings. The van der Waals surface area contributed by atoms with Gasteiger partial charge in [0, 0.05) is 17.8 Å². The third-order valence-electron chi connectivity index (χ3n) is 5.11. The summed E-state index contributed by atoms with van der Waals surface area (Å²) >= 11 is 0. The summed E-state index contributed by atoms with van der Waals surface area (Å²) in [6.07, 6.45) is 4.74. The number of rotatable bonds is 3. The number of aromatic nitrogens is 3. The van der Waals surface area contributed by atoms with Gasteiger partial charge in [0.25, 0.3) is 0 Å². The van der Waals surface area contributed by atoms with Gasteiger partial charge in [0.1, 0.15) is 5.82 Å². The van der Waals surface area contributed by atoms with Crippen LogP contribution in [0.4, 0.5) is 0 Å². The zero-order chi connectivity index (χ0) is 16.7. The number of nitrogens with zero attached hydrogens (tertiary/aromatic N) is 4. The maximum absolute atomic E-state index is 4.49. The molecule has 1 atom stereocenters. The van der Waals surface area contributed by atoms with Crippen LogP contribution in [-0.2, 0) is 0 Å². The van der Waals surface area contributed by atoms with E-state index in [0.29, 0.717) is 6.04 Å². The van der Waals surface area contributed by atoms with E-state index in [1.165, 1.54) is 42.6 Å². The normalized spacial score (nSPS) is 16.8. The fourth-order valence-corrected chi connectivity index (χ4v) is 3.73. The van der Waals surface area contributed by atoms with Crippen LogP contribution in [0.2, 0.25) is 0 Å². The quantitative estimate of drug-likeness (QED) is 0.726. The van der Waals surface area contributed by atoms with Crippen LogP contribution >= 0.6 is 0 Å². The smallest absolute Gasteiger partial charge is 0.158 e. The van der Waals surface area contributed by atoms with Crippen molar-refractivity contribution in [3.05, 3.63) is 53.5 Å². The second-order valence-electron chi connectivity index (χ2n) is 6.88. The number of fused-ring (bicyclic) bond motifs is 1. The first-order chi connectivity index (χ1) is 11.6. The molecule has 1 saturated heterocycles. The van der Waals surface area contributed by atoms with Gasteiger partial charge in [-0.05, 0) is 75.5 Å². The molecule has 0 aliphatic carbocycles. The van der Waals surface area contributed by atoms with E-state index in [9.17, 15) is 0 Å². The Hall–Kier alpha value is -2.20. The number of hydrogen-bond donors (Lipinski definition) is 0. The van der Waals surface area contributed by atoms with E-state index in [1.54, 1.807) is 0 Å². The first kappa shape index (κ1) is 15.3. The predicted octanol–water partition coefficient (Wildman–Crippen LogP) is 4.17. The first-order valence-corrected chi connectivity index (χ1v) is 8.80. The zero-order valence-electron chi connectivity index (χ0n) is 14.7. The van der Waals surface area contributed by atoms with Crippen molar-refractivity contribution in [2.75, 3.05) is 13.1 Å². The van der Waals surface area contributed by atoms with Gasteiger partial charge in [-0.15, -0.1) is 0 Å². The molecule has 3 heterocycles. The molecular formula is C20H24N4. The van der Waals surface area contributed by atoms with E-state index in [2.05, 4.69) is 65.4 Å². The van der Waals surface area contributed by atoms with Crippen LogP contribution < -0.4 is 0 Å². The van der Waals surface area contributed by atoms with Crippen molar-refractivity contribution in [1.82, 2.24) is 19.5 Å². The van der Waals surface area contributed by atoms with E-state index in [0.717, 1.165) is 17.0 Å². The number of benzene rings is 1. The number of likely N-dealkylation sites (tertiary alicyclic amines) is 1. The number of aryl methyl sites for hydroxylation is 2. The molecule has 1 aromatic carbocycles. The van der Waals surface area contributed by atoms with E-state index >= 15 is 0 Å². The Kier molecular flexibility index (Phi) is 3.85. The van der Waals surface area contributed by atoms with Crippen molar-refractivity contribution in [2.24, 2.45) is 0 Å². The molecule has 2 aromatic heterocycles. The second kappa shape index (κ2) is 6.02. The van der Waals surface area contributed by atoms with Crippen LogP contribution in [0.3, 0.4) is 0 Å². The average molecular weight is 320 g/mol. The van der Waals surface area contributed by atoms with Crippen molar-refractivity contribution in [2.45, 2.75) is 39.7 Å². The number of pyridine rings is 1. The topological polar surface area (TPSA) is 33.4 Å². The third-order valence-corrected chi connectivity index (χ3v) is 5.11. The van der Waals surface area contributed by atoms with Gasteiger partial charge in [0.2, 0.25) is 0 Å². The summed E-state index contributed by atoms with van der Waals surface area (Å²) in [5.41, 5.74) is 5.93. The summed E-state index contributed by atoms with van der Waals surface area (Å²) < 4.78 is 1.90. The monoisotopic (exact) mass is 320 g/mol. The molecule has 4 nitrogen and oxygen atoms in total. The van der Waals surface area contributed by atoms with Crippen molar-refractivity contribution in [3.8, 4) is 11.1 Å². The minimum atomic E-state index is 0.478. The lowest BCUT2D eigenvalue weighted by molar-refractivity contribution is 0.263. The Labute approximate surface area is 143 Å². The molecule has 0 N–H and O–H groups in total. The Morgan fingerprint density at radius 2 is 1.83 bits per heavy atom. The van der Waals surface area contributed by atoms with E-state index in [-0.39, 0.29) is 0 Å². The van der Waals surface area contributed by atoms with E-state index < -0.39 is 0 Å². The van der Waals surface area contributed by atoms with Crippen LogP contribution in [0.25, 0.3) is 16.8 Å². The zero-order valence-corrected chi connectivity index (χ0v) is 14.7. The highest BCUT2D eigenvalue weighted by Crippen LogP contribution is 2.29. The molecular weight excluding hydrogens is 296 g/mol. The second-order valence-corrected chi connectivity index (χ2v) is 6.88. The Morgan fingerprint density at radius 3 is 2.62 bits per heavy atom. The predicted molar refractivity (Wildman–Crippen MR) is 97.1 cm³/mol. The highest BCUT2D eigenvalue weighted by atomic mass is 15.3.